The molecule has 5 rings (SSSR count). The van der Waals surface area contributed by atoms with Crippen LogP contribution in [0.25, 0.3) is 41.1 Å². The SMILES string of the molecule is CCCCCCCCCCc1ccc(-c2cc3c(ccc4sc(-c5ccc(CCCCCCCCCC)cc5)cc43)s2)cc1. The fraction of sp³-hybridized carbons (Fsp3) is 0.476. The van der Waals surface area contributed by atoms with E-state index >= 15 is 0 Å². The van der Waals surface area contributed by atoms with Gasteiger partial charge in [0.25, 0.3) is 0 Å². The zero-order valence-corrected chi connectivity index (χ0v) is 29.1. The highest BCUT2D eigenvalue weighted by atomic mass is 32.1. The minimum absolute atomic E-state index is 1.21. The molecule has 0 aliphatic carbocycles. The van der Waals surface area contributed by atoms with Crippen LogP contribution < -0.4 is 0 Å². The maximum atomic E-state index is 2.43. The Balaban J connectivity index is 1.15. The summed E-state index contributed by atoms with van der Waals surface area (Å²) >= 11 is 3.86. The van der Waals surface area contributed by atoms with Crippen LogP contribution in [-0.2, 0) is 12.8 Å². The summed E-state index contributed by atoms with van der Waals surface area (Å²) in [6, 6.07) is 28.3. The third kappa shape index (κ3) is 9.54. The fourth-order valence-corrected chi connectivity index (χ4v) is 8.68. The van der Waals surface area contributed by atoms with Crippen LogP contribution >= 0.6 is 22.7 Å². The van der Waals surface area contributed by atoms with Gasteiger partial charge >= 0.3 is 0 Å². The molecule has 0 fully saturated rings. The molecule has 0 spiro atoms. The largest absolute Gasteiger partial charge is 0.135 e. The van der Waals surface area contributed by atoms with Gasteiger partial charge in [0, 0.05) is 29.9 Å². The van der Waals surface area contributed by atoms with Gasteiger partial charge in [0.1, 0.15) is 0 Å². The average Bonchev–Trinajstić information content (AvgIpc) is 3.69. The summed E-state index contributed by atoms with van der Waals surface area (Å²) in [6.45, 7) is 4.59. The van der Waals surface area contributed by atoms with E-state index in [0.29, 0.717) is 0 Å². The van der Waals surface area contributed by atoms with E-state index in [2.05, 4.69) is 86.6 Å². The first-order valence-corrected chi connectivity index (χ1v) is 19.5. The predicted octanol–water partition coefficient (Wildman–Crippen LogP) is 14.8. The molecule has 0 saturated heterocycles. The molecule has 2 heterocycles. The zero-order chi connectivity index (χ0) is 30.4. The van der Waals surface area contributed by atoms with E-state index in [1.807, 2.05) is 22.7 Å². The van der Waals surface area contributed by atoms with Crippen LogP contribution in [0.3, 0.4) is 0 Å². The number of rotatable bonds is 20. The van der Waals surface area contributed by atoms with E-state index < -0.39 is 0 Å². The molecule has 44 heavy (non-hydrogen) atoms. The van der Waals surface area contributed by atoms with E-state index in [0.717, 1.165) is 0 Å². The smallest absolute Gasteiger partial charge is 0.0356 e. The van der Waals surface area contributed by atoms with E-state index in [4.69, 9.17) is 0 Å². The molecule has 0 nitrogen and oxygen atoms in total. The summed E-state index contributed by atoms with van der Waals surface area (Å²) in [5.41, 5.74) is 5.66. The number of benzene rings is 3. The van der Waals surface area contributed by atoms with Crippen LogP contribution in [0.5, 0.6) is 0 Å². The highest BCUT2D eigenvalue weighted by Crippen LogP contribution is 2.42. The van der Waals surface area contributed by atoms with Crippen LogP contribution in [0.1, 0.15) is 128 Å². The maximum absolute atomic E-state index is 2.43. The Kier molecular flexibility index (Phi) is 13.4. The molecule has 0 saturated carbocycles. The molecule has 0 radical (unpaired) electrons. The molecule has 2 aromatic heterocycles. The number of fused-ring (bicyclic) bond motifs is 3. The number of hydrogen-bond donors (Lipinski definition) is 0. The van der Waals surface area contributed by atoms with Crippen molar-refractivity contribution in [3.8, 4) is 20.9 Å². The third-order valence-corrected chi connectivity index (χ3v) is 11.6. The van der Waals surface area contributed by atoms with Gasteiger partial charge in [-0.2, -0.15) is 0 Å². The molecule has 0 amide bonds. The van der Waals surface area contributed by atoms with E-state index in [9.17, 15) is 0 Å². The van der Waals surface area contributed by atoms with Gasteiger partial charge in [-0.1, -0.05) is 152 Å². The summed E-state index contributed by atoms with van der Waals surface area (Å²) in [4.78, 5) is 2.76. The molecule has 0 unspecified atom stereocenters. The van der Waals surface area contributed by atoms with Gasteiger partial charge in [-0.05, 0) is 72.2 Å². The highest BCUT2D eigenvalue weighted by molar-refractivity contribution is 7.24. The van der Waals surface area contributed by atoms with E-state index in [1.54, 1.807) is 0 Å². The average molecular weight is 623 g/mol. The molecule has 2 heteroatoms. The molecular weight excluding hydrogens is 569 g/mol. The highest BCUT2D eigenvalue weighted by Gasteiger charge is 2.12. The van der Waals surface area contributed by atoms with Crippen LogP contribution in [0.2, 0.25) is 0 Å². The normalized spacial score (nSPS) is 11.7. The fourth-order valence-electron chi connectivity index (χ4n) is 6.51. The number of unbranched alkanes of at least 4 members (excludes halogenated alkanes) is 14. The number of hydrogen-bond acceptors (Lipinski definition) is 2. The molecule has 0 N–H and O–H groups in total. The predicted molar refractivity (Wildman–Crippen MR) is 201 cm³/mol. The van der Waals surface area contributed by atoms with Gasteiger partial charge in [-0.15, -0.1) is 22.7 Å². The van der Waals surface area contributed by atoms with Gasteiger partial charge in [-0.25, -0.2) is 0 Å². The van der Waals surface area contributed by atoms with Crippen molar-refractivity contribution < 1.29 is 0 Å². The van der Waals surface area contributed by atoms with E-state index in [1.165, 1.54) is 168 Å². The Bertz CT molecular complexity index is 1400. The van der Waals surface area contributed by atoms with Gasteiger partial charge in [0.2, 0.25) is 0 Å². The Morgan fingerprint density at radius 2 is 0.727 bits per heavy atom. The minimum atomic E-state index is 1.21. The Hall–Kier alpha value is -2.42. The second-order valence-electron chi connectivity index (χ2n) is 13.0. The first-order valence-electron chi connectivity index (χ1n) is 17.9. The lowest BCUT2D eigenvalue weighted by atomic mass is 10.0. The summed E-state index contributed by atoms with van der Waals surface area (Å²) in [5.74, 6) is 0. The maximum Gasteiger partial charge on any atom is 0.0356 e. The molecule has 0 aliphatic heterocycles. The number of thiophene rings is 2. The lowest BCUT2D eigenvalue weighted by Gasteiger charge is -2.04. The van der Waals surface area contributed by atoms with Crippen molar-refractivity contribution in [3.63, 3.8) is 0 Å². The summed E-state index contributed by atoms with van der Waals surface area (Å²) < 4.78 is 2.78. The van der Waals surface area contributed by atoms with Crippen molar-refractivity contribution in [2.45, 2.75) is 129 Å². The molecule has 234 valence electrons. The third-order valence-electron chi connectivity index (χ3n) is 9.31. The monoisotopic (exact) mass is 622 g/mol. The quantitative estimate of drug-likeness (QED) is 0.0758. The van der Waals surface area contributed by atoms with Crippen molar-refractivity contribution in [3.05, 3.63) is 83.9 Å². The van der Waals surface area contributed by atoms with Crippen molar-refractivity contribution in [1.82, 2.24) is 0 Å². The standard InChI is InChI=1S/C42H54S2/c1-3-5-7-9-11-13-15-17-19-33-21-25-35(26-22-33)41-31-37-38-32-42(44-40(38)30-29-39(37)43-41)36-27-23-34(24-28-36)20-18-16-14-12-10-8-6-4-2/h21-32H,3-20H2,1-2H3. The molecule has 0 bridgehead atoms. The summed E-state index contributed by atoms with van der Waals surface area (Å²) in [6.07, 6.45) is 24.6. The van der Waals surface area contributed by atoms with E-state index in [-0.39, 0.29) is 0 Å². The minimum Gasteiger partial charge on any atom is -0.135 e. The molecule has 5 aromatic rings. The second kappa shape index (κ2) is 17.9. The Morgan fingerprint density at radius 3 is 1.09 bits per heavy atom. The molecule has 0 aliphatic rings. The van der Waals surface area contributed by atoms with Gasteiger partial charge < -0.3 is 0 Å². The topological polar surface area (TPSA) is 0 Å². The van der Waals surface area contributed by atoms with Crippen LogP contribution in [0, 0.1) is 0 Å². The van der Waals surface area contributed by atoms with Gasteiger partial charge in [-0.3, -0.25) is 0 Å². The van der Waals surface area contributed by atoms with Crippen LogP contribution in [-0.4, -0.2) is 0 Å². The van der Waals surface area contributed by atoms with Gasteiger partial charge in [0.05, 0.1) is 0 Å². The Labute approximate surface area is 275 Å². The lowest BCUT2D eigenvalue weighted by molar-refractivity contribution is 0.575. The number of aryl methyl sites for hydroxylation is 2. The first-order chi connectivity index (χ1) is 21.7. The molecular formula is C42H54S2. The molecule has 3 aromatic carbocycles. The van der Waals surface area contributed by atoms with Crippen molar-refractivity contribution in [2.24, 2.45) is 0 Å². The lowest BCUT2D eigenvalue weighted by Crippen LogP contribution is -1.87. The van der Waals surface area contributed by atoms with Gasteiger partial charge in [0.15, 0.2) is 0 Å². The molecule has 0 atom stereocenters. The summed E-state index contributed by atoms with van der Waals surface area (Å²) in [5, 5.41) is 2.80. The van der Waals surface area contributed by atoms with Crippen LogP contribution in [0.15, 0.2) is 72.8 Å². The zero-order valence-electron chi connectivity index (χ0n) is 27.5. The van der Waals surface area contributed by atoms with Crippen LogP contribution in [0.4, 0.5) is 0 Å². The van der Waals surface area contributed by atoms with Crippen molar-refractivity contribution in [2.75, 3.05) is 0 Å². The first kappa shape index (κ1) is 33.0. The Morgan fingerprint density at radius 1 is 0.386 bits per heavy atom. The summed E-state index contributed by atoms with van der Waals surface area (Å²) in [7, 11) is 0. The van der Waals surface area contributed by atoms with Crippen molar-refractivity contribution in [1.29, 1.82) is 0 Å². The van der Waals surface area contributed by atoms with Crippen molar-refractivity contribution >= 4 is 42.8 Å². The second-order valence-corrected chi connectivity index (χ2v) is 15.1.